The van der Waals surface area contributed by atoms with Gasteiger partial charge in [0.2, 0.25) is 0 Å². The third kappa shape index (κ3) is 6.34. The molecule has 2 aromatic rings. The number of hydrogen-bond acceptors (Lipinski definition) is 4. The number of thiazole rings is 1. The lowest BCUT2D eigenvalue weighted by atomic mass is 10.0. The van der Waals surface area contributed by atoms with Crippen molar-refractivity contribution in [3.05, 3.63) is 41.4 Å². The molecule has 0 fully saturated rings. The van der Waals surface area contributed by atoms with Gasteiger partial charge in [0, 0.05) is 36.1 Å². The van der Waals surface area contributed by atoms with Gasteiger partial charge in [0.05, 0.1) is 12.3 Å². The molecule has 24 heavy (non-hydrogen) atoms. The van der Waals surface area contributed by atoms with E-state index in [4.69, 9.17) is 9.72 Å². The lowest BCUT2D eigenvalue weighted by Crippen LogP contribution is -2.41. The average Bonchev–Trinajstić information content (AvgIpc) is 3.01. The predicted molar refractivity (Wildman–Crippen MR) is 104 cm³/mol. The van der Waals surface area contributed by atoms with E-state index in [1.807, 2.05) is 13.0 Å². The summed E-state index contributed by atoms with van der Waals surface area (Å²) in [5.74, 6) is 0.698. The zero-order chi connectivity index (χ0) is 17.4. The SMILES string of the molecule is CCOCC(Cc1csc(-c2ccccc2)n1)NC(C)CC(C)C. The molecule has 2 atom stereocenters. The summed E-state index contributed by atoms with van der Waals surface area (Å²) < 4.78 is 5.68. The largest absolute Gasteiger partial charge is 0.380 e. The third-order valence-electron chi connectivity index (χ3n) is 3.90. The summed E-state index contributed by atoms with van der Waals surface area (Å²) >= 11 is 1.72. The molecule has 0 aliphatic carbocycles. The monoisotopic (exact) mass is 346 g/mol. The van der Waals surface area contributed by atoms with E-state index in [-0.39, 0.29) is 0 Å². The molecule has 0 bridgehead atoms. The molecule has 1 aromatic carbocycles. The molecular formula is C20H30N2OS. The van der Waals surface area contributed by atoms with E-state index in [9.17, 15) is 0 Å². The Morgan fingerprint density at radius 2 is 1.92 bits per heavy atom. The maximum absolute atomic E-state index is 5.68. The van der Waals surface area contributed by atoms with Crippen LogP contribution in [0.4, 0.5) is 0 Å². The van der Waals surface area contributed by atoms with Crippen LogP contribution in [-0.4, -0.2) is 30.3 Å². The first-order valence-corrected chi connectivity index (χ1v) is 9.80. The molecule has 0 saturated heterocycles. The molecule has 2 unspecified atom stereocenters. The highest BCUT2D eigenvalue weighted by molar-refractivity contribution is 7.13. The van der Waals surface area contributed by atoms with Crippen molar-refractivity contribution in [3.63, 3.8) is 0 Å². The number of ether oxygens (including phenoxy) is 1. The van der Waals surface area contributed by atoms with Gasteiger partial charge in [-0.05, 0) is 26.2 Å². The molecular weight excluding hydrogens is 316 g/mol. The van der Waals surface area contributed by atoms with Crippen molar-refractivity contribution in [3.8, 4) is 10.6 Å². The quantitative estimate of drug-likeness (QED) is 0.672. The summed E-state index contributed by atoms with van der Waals surface area (Å²) in [5, 5.41) is 6.99. The van der Waals surface area contributed by atoms with Gasteiger partial charge in [0.1, 0.15) is 5.01 Å². The molecule has 0 spiro atoms. The highest BCUT2D eigenvalue weighted by Gasteiger charge is 2.16. The van der Waals surface area contributed by atoms with Crippen molar-refractivity contribution < 1.29 is 4.74 Å². The Hall–Kier alpha value is -1.23. The normalized spacial score (nSPS) is 14.0. The number of nitrogens with zero attached hydrogens (tertiary/aromatic N) is 1. The van der Waals surface area contributed by atoms with E-state index in [0.717, 1.165) is 30.3 Å². The minimum absolute atomic E-state index is 0.310. The van der Waals surface area contributed by atoms with Crippen LogP contribution in [0.2, 0.25) is 0 Å². The average molecular weight is 347 g/mol. The first-order chi connectivity index (χ1) is 11.6. The van der Waals surface area contributed by atoms with E-state index in [1.54, 1.807) is 11.3 Å². The zero-order valence-corrected chi connectivity index (χ0v) is 16.1. The lowest BCUT2D eigenvalue weighted by Gasteiger charge is -2.24. The second-order valence-corrected chi connectivity index (χ2v) is 7.63. The summed E-state index contributed by atoms with van der Waals surface area (Å²) in [6.45, 7) is 10.3. The van der Waals surface area contributed by atoms with Crippen molar-refractivity contribution in [2.45, 2.75) is 52.6 Å². The molecule has 1 N–H and O–H groups in total. The van der Waals surface area contributed by atoms with Crippen LogP contribution >= 0.6 is 11.3 Å². The maximum atomic E-state index is 5.68. The second-order valence-electron chi connectivity index (χ2n) is 6.77. The van der Waals surface area contributed by atoms with Gasteiger partial charge in [-0.15, -0.1) is 11.3 Å². The fraction of sp³-hybridized carbons (Fsp3) is 0.550. The Morgan fingerprint density at radius 1 is 1.17 bits per heavy atom. The van der Waals surface area contributed by atoms with Gasteiger partial charge in [0.15, 0.2) is 0 Å². The Kier molecular flexibility index (Phi) is 7.89. The van der Waals surface area contributed by atoms with Crippen molar-refractivity contribution in [1.82, 2.24) is 10.3 Å². The summed E-state index contributed by atoms with van der Waals surface area (Å²) in [6, 6.07) is 11.2. The fourth-order valence-electron chi connectivity index (χ4n) is 2.97. The summed E-state index contributed by atoms with van der Waals surface area (Å²) in [5.41, 5.74) is 2.34. The third-order valence-corrected chi connectivity index (χ3v) is 4.84. The van der Waals surface area contributed by atoms with E-state index < -0.39 is 0 Å². The zero-order valence-electron chi connectivity index (χ0n) is 15.3. The molecule has 1 aromatic heterocycles. The van der Waals surface area contributed by atoms with Crippen LogP contribution in [0.3, 0.4) is 0 Å². The number of rotatable bonds is 10. The van der Waals surface area contributed by atoms with Crippen LogP contribution in [0, 0.1) is 5.92 Å². The Balaban J connectivity index is 1.99. The second kappa shape index (κ2) is 9.92. The molecule has 0 aliphatic heterocycles. The Labute approximate surface area is 150 Å². The van der Waals surface area contributed by atoms with E-state index in [2.05, 4.69) is 55.7 Å². The minimum atomic E-state index is 0.310. The van der Waals surface area contributed by atoms with Gasteiger partial charge in [-0.25, -0.2) is 4.98 Å². The first-order valence-electron chi connectivity index (χ1n) is 8.92. The minimum Gasteiger partial charge on any atom is -0.380 e. The topological polar surface area (TPSA) is 34.1 Å². The van der Waals surface area contributed by atoms with Gasteiger partial charge >= 0.3 is 0 Å². The van der Waals surface area contributed by atoms with Crippen LogP contribution < -0.4 is 5.32 Å². The fourth-order valence-corrected chi connectivity index (χ4v) is 3.81. The highest BCUT2D eigenvalue weighted by atomic mass is 32.1. The van der Waals surface area contributed by atoms with Crippen LogP contribution in [0.5, 0.6) is 0 Å². The highest BCUT2D eigenvalue weighted by Crippen LogP contribution is 2.24. The van der Waals surface area contributed by atoms with Crippen molar-refractivity contribution in [1.29, 1.82) is 0 Å². The summed E-state index contributed by atoms with van der Waals surface area (Å²) in [4.78, 5) is 4.82. The van der Waals surface area contributed by atoms with Gasteiger partial charge < -0.3 is 10.1 Å². The van der Waals surface area contributed by atoms with Crippen LogP contribution in [0.1, 0.15) is 39.8 Å². The Morgan fingerprint density at radius 3 is 2.58 bits per heavy atom. The molecule has 1 heterocycles. The number of aromatic nitrogens is 1. The van der Waals surface area contributed by atoms with E-state index in [1.165, 1.54) is 12.0 Å². The van der Waals surface area contributed by atoms with Gasteiger partial charge in [0.25, 0.3) is 0 Å². The van der Waals surface area contributed by atoms with Crippen molar-refractivity contribution in [2.24, 2.45) is 5.92 Å². The molecule has 4 heteroatoms. The number of nitrogens with one attached hydrogen (secondary N) is 1. The maximum Gasteiger partial charge on any atom is 0.123 e. The summed E-state index contributed by atoms with van der Waals surface area (Å²) in [6.07, 6.45) is 2.08. The van der Waals surface area contributed by atoms with Crippen LogP contribution in [0.15, 0.2) is 35.7 Å². The van der Waals surface area contributed by atoms with Crippen molar-refractivity contribution in [2.75, 3.05) is 13.2 Å². The first kappa shape index (κ1) is 19.1. The number of benzene rings is 1. The number of hydrogen-bond donors (Lipinski definition) is 1. The van der Waals surface area contributed by atoms with E-state index in [0.29, 0.717) is 18.0 Å². The Bertz CT molecular complexity index is 582. The van der Waals surface area contributed by atoms with Gasteiger partial charge in [-0.1, -0.05) is 44.2 Å². The van der Waals surface area contributed by atoms with Crippen LogP contribution in [0.25, 0.3) is 10.6 Å². The lowest BCUT2D eigenvalue weighted by molar-refractivity contribution is 0.117. The van der Waals surface area contributed by atoms with Gasteiger partial charge in [-0.2, -0.15) is 0 Å². The molecule has 3 nitrogen and oxygen atoms in total. The van der Waals surface area contributed by atoms with Gasteiger partial charge in [-0.3, -0.25) is 0 Å². The predicted octanol–water partition coefficient (Wildman–Crippen LogP) is 4.78. The molecule has 0 amide bonds. The van der Waals surface area contributed by atoms with Crippen molar-refractivity contribution >= 4 is 11.3 Å². The molecule has 0 aliphatic rings. The smallest absolute Gasteiger partial charge is 0.123 e. The van der Waals surface area contributed by atoms with Crippen LogP contribution in [-0.2, 0) is 11.2 Å². The molecule has 0 saturated carbocycles. The molecule has 132 valence electrons. The standard InChI is InChI=1S/C20H30N2OS/c1-5-23-13-18(21-16(4)11-15(2)3)12-19-14-24-20(22-19)17-9-7-6-8-10-17/h6-10,14-16,18,21H,5,11-13H2,1-4H3. The molecule has 0 radical (unpaired) electrons. The van der Waals surface area contributed by atoms with E-state index >= 15 is 0 Å². The summed E-state index contributed by atoms with van der Waals surface area (Å²) in [7, 11) is 0. The molecule has 2 rings (SSSR count).